The molecule has 0 radical (unpaired) electrons. The number of anilines is 1. The topological polar surface area (TPSA) is 47.6 Å². The Labute approximate surface area is 120 Å². The van der Waals surface area contributed by atoms with Crippen LogP contribution >= 0.6 is 0 Å². The van der Waals surface area contributed by atoms with Crippen molar-refractivity contribution in [2.45, 2.75) is 0 Å². The number of amides is 1. The minimum Gasteiger partial charge on any atom is -0.497 e. The van der Waals surface area contributed by atoms with E-state index in [9.17, 15) is 13.6 Å². The second-order valence-electron chi connectivity index (χ2n) is 4.14. The maximum atomic E-state index is 13.0. The van der Waals surface area contributed by atoms with Crippen molar-refractivity contribution in [1.82, 2.24) is 0 Å². The number of nitrogens with one attached hydrogen (secondary N) is 1. The van der Waals surface area contributed by atoms with Gasteiger partial charge in [-0.1, -0.05) is 0 Å². The van der Waals surface area contributed by atoms with Gasteiger partial charge in [0, 0.05) is 11.8 Å². The van der Waals surface area contributed by atoms with Gasteiger partial charge in [-0.05, 0) is 36.4 Å². The maximum Gasteiger partial charge on any atom is 0.262 e. The highest BCUT2D eigenvalue weighted by molar-refractivity contribution is 5.91. The van der Waals surface area contributed by atoms with Gasteiger partial charge in [-0.3, -0.25) is 4.79 Å². The third-order valence-electron chi connectivity index (χ3n) is 2.63. The van der Waals surface area contributed by atoms with Crippen molar-refractivity contribution in [3.05, 3.63) is 54.1 Å². The molecule has 0 heterocycles. The van der Waals surface area contributed by atoms with Gasteiger partial charge >= 0.3 is 0 Å². The number of halogens is 2. The molecule has 2 aromatic carbocycles. The van der Waals surface area contributed by atoms with Crippen LogP contribution in [-0.4, -0.2) is 19.6 Å². The van der Waals surface area contributed by atoms with Crippen LogP contribution in [0.5, 0.6) is 11.5 Å². The number of hydrogen-bond acceptors (Lipinski definition) is 3. The first-order chi connectivity index (χ1) is 10.1. The Morgan fingerprint density at radius 2 is 1.71 bits per heavy atom. The Morgan fingerprint density at radius 3 is 2.33 bits per heavy atom. The Morgan fingerprint density at radius 1 is 1.05 bits per heavy atom. The van der Waals surface area contributed by atoms with Crippen molar-refractivity contribution in [2.24, 2.45) is 0 Å². The van der Waals surface area contributed by atoms with Crippen LogP contribution in [0, 0.1) is 11.6 Å². The molecule has 6 heteroatoms. The van der Waals surface area contributed by atoms with E-state index in [0.29, 0.717) is 11.4 Å². The van der Waals surface area contributed by atoms with Gasteiger partial charge < -0.3 is 14.8 Å². The van der Waals surface area contributed by atoms with Crippen molar-refractivity contribution in [1.29, 1.82) is 0 Å². The van der Waals surface area contributed by atoms with E-state index >= 15 is 0 Å². The van der Waals surface area contributed by atoms with E-state index in [1.807, 2.05) is 0 Å². The Balaban J connectivity index is 1.87. The van der Waals surface area contributed by atoms with Gasteiger partial charge in [0.2, 0.25) is 0 Å². The molecule has 2 aromatic rings. The van der Waals surface area contributed by atoms with Gasteiger partial charge in [0.05, 0.1) is 7.11 Å². The van der Waals surface area contributed by atoms with Gasteiger partial charge in [0.15, 0.2) is 18.2 Å². The number of methoxy groups -OCH3 is 1. The number of ether oxygens (including phenoxy) is 2. The fourth-order valence-electron chi connectivity index (χ4n) is 1.59. The largest absolute Gasteiger partial charge is 0.497 e. The molecule has 1 N–H and O–H groups in total. The predicted molar refractivity (Wildman–Crippen MR) is 73.5 cm³/mol. The normalized spacial score (nSPS) is 10.0. The molecular formula is C15H13F2NO3. The monoisotopic (exact) mass is 293 g/mol. The summed E-state index contributed by atoms with van der Waals surface area (Å²) in [7, 11) is 1.54. The second kappa shape index (κ2) is 6.69. The van der Waals surface area contributed by atoms with E-state index < -0.39 is 17.5 Å². The third-order valence-corrected chi connectivity index (χ3v) is 2.63. The van der Waals surface area contributed by atoms with Gasteiger partial charge in [0.1, 0.15) is 11.5 Å². The van der Waals surface area contributed by atoms with E-state index in [0.717, 1.165) is 12.1 Å². The van der Waals surface area contributed by atoms with E-state index in [1.54, 1.807) is 31.4 Å². The minimum absolute atomic E-state index is 0.0822. The van der Waals surface area contributed by atoms with E-state index in [-0.39, 0.29) is 12.4 Å². The smallest absolute Gasteiger partial charge is 0.262 e. The lowest BCUT2D eigenvalue weighted by Gasteiger charge is -2.08. The summed E-state index contributed by atoms with van der Waals surface area (Å²) < 4.78 is 35.8. The number of rotatable bonds is 5. The molecule has 0 spiro atoms. The molecule has 0 unspecified atom stereocenters. The summed E-state index contributed by atoms with van der Waals surface area (Å²) in [5.74, 6) is -1.65. The van der Waals surface area contributed by atoms with Crippen LogP contribution < -0.4 is 14.8 Å². The summed E-state index contributed by atoms with van der Waals surface area (Å²) in [5.41, 5.74) is 0.578. The van der Waals surface area contributed by atoms with Crippen LogP contribution in [0.1, 0.15) is 0 Å². The van der Waals surface area contributed by atoms with Crippen LogP contribution in [0.3, 0.4) is 0 Å². The standard InChI is InChI=1S/C15H13F2NO3/c1-20-11-4-2-10(3-5-11)18-15(19)9-21-12-6-7-13(16)14(17)8-12/h2-8H,9H2,1H3,(H,18,19). The summed E-state index contributed by atoms with van der Waals surface area (Å²) in [6, 6.07) is 9.82. The van der Waals surface area contributed by atoms with Gasteiger partial charge in [0.25, 0.3) is 5.91 Å². The van der Waals surface area contributed by atoms with E-state index in [4.69, 9.17) is 9.47 Å². The Hall–Kier alpha value is -2.63. The van der Waals surface area contributed by atoms with Crippen LogP contribution in [0.15, 0.2) is 42.5 Å². The molecule has 110 valence electrons. The molecule has 0 aromatic heterocycles. The lowest BCUT2D eigenvalue weighted by molar-refractivity contribution is -0.118. The minimum atomic E-state index is -1.02. The first-order valence-corrected chi connectivity index (χ1v) is 6.10. The molecule has 2 rings (SSSR count). The number of carbonyl (C=O) groups is 1. The zero-order chi connectivity index (χ0) is 15.2. The van der Waals surface area contributed by atoms with E-state index in [1.165, 1.54) is 6.07 Å². The van der Waals surface area contributed by atoms with E-state index in [2.05, 4.69) is 5.32 Å². The average Bonchev–Trinajstić information content (AvgIpc) is 2.49. The summed E-state index contributed by atoms with van der Waals surface area (Å²) in [6.45, 7) is -0.308. The first-order valence-electron chi connectivity index (χ1n) is 6.10. The molecular weight excluding hydrogens is 280 g/mol. The molecule has 0 atom stereocenters. The predicted octanol–water partition coefficient (Wildman–Crippen LogP) is 2.99. The Kier molecular flexibility index (Phi) is 4.71. The quantitative estimate of drug-likeness (QED) is 0.922. The zero-order valence-electron chi connectivity index (χ0n) is 11.2. The maximum absolute atomic E-state index is 13.0. The molecule has 0 bridgehead atoms. The molecule has 0 saturated carbocycles. The number of carbonyl (C=O) groups excluding carboxylic acids is 1. The fourth-order valence-corrected chi connectivity index (χ4v) is 1.59. The molecule has 0 aliphatic carbocycles. The number of benzene rings is 2. The Bertz CT molecular complexity index is 629. The molecule has 1 amide bonds. The average molecular weight is 293 g/mol. The molecule has 4 nitrogen and oxygen atoms in total. The first kappa shape index (κ1) is 14.8. The zero-order valence-corrected chi connectivity index (χ0v) is 11.2. The highest BCUT2D eigenvalue weighted by atomic mass is 19.2. The molecule has 0 aliphatic rings. The van der Waals surface area contributed by atoms with Crippen molar-refractivity contribution >= 4 is 11.6 Å². The number of hydrogen-bond donors (Lipinski definition) is 1. The highest BCUT2D eigenvalue weighted by Gasteiger charge is 2.07. The molecule has 0 aliphatic heterocycles. The third kappa shape index (κ3) is 4.17. The van der Waals surface area contributed by atoms with Crippen molar-refractivity contribution in [3.8, 4) is 11.5 Å². The second-order valence-corrected chi connectivity index (χ2v) is 4.14. The lowest BCUT2D eigenvalue weighted by Crippen LogP contribution is -2.20. The SMILES string of the molecule is COc1ccc(NC(=O)COc2ccc(F)c(F)c2)cc1. The summed E-state index contributed by atoms with van der Waals surface area (Å²) in [4.78, 5) is 11.7. The highest BCUT2D eigenvalue weighted by Crippen LogP contribution is 2.16. The summed E-state index contributed by atoms with van der Waals surface area (Å²) in [5, 5.41) is 2.60. The summed E-state index contributed by atoms with van der Waals surface area (Å²) >= 11 is 0. The lowest BCUT2D eigenvalue weighted by atomic mass is 10.3. The van der Waals surface area contributed by atoms with Crippen LogP contribution in [0.25, 0.3) is 0 Å². The van der Waals surface area contributed by atoms with Crippen LogP contribution in [0.2, 0.25) is 0 Å². The van der Waals surface area contributed by atoms with Crippen molar-refractivity contribution in [2.75, 3.05) is 19.0 Å². The molecule has 0 fully saturated rings. The molecule has 21 heavy (non-hydrogen) atoms. The van der Waals surface area contributed by atoms with Crippen LogP contribution in [-0.2, 0) is 4.79 Å². The van der Waals surface area contributed by atoms with Gasteiger partial charge in [-0.2, -0.15) is 0 Å². The van der Waals surface area contributed by atoms with Crippen molar-refractivity contribution in [3.63, 3.8) is 0 Å². The van der Waals surface area contributed by atoms with Gasteiger partial charge in [-0.25, -0.2) is 8.78 Å². The fraction of sp³-hybridized carbons (Fsp3) is 0.133. The van der Waals surface area contributed by atoms with Crippen molar-refractivity contribution < 1.29 is 23.0 Å². The summed E-state index contributed by atoms with van der Waals surface area (Å²) in [6.07, 6.45) is 0. The van der Waals surface area contributed by atoms with Gasteiger partial charge in [-0.15, -0.1) is 0 Å². The molecule has 0 saturated heterocycles. The van der Waals surface area contributed by atoms with Crippen LogP contribution in [0.4, 0.5) is 14.5 Å².